The van der Waals surface area contributed by atoms with Crippen molar-refractivity contribution in [3.63, 3.8) is 0 Å². The summed E-state index contributed by atoms with van der Waals surface area (Å²) in [6.07, 6.45) is -4.85. The maximum Gasteiger partial charge on any atom is 0.573 e. The lowest BCUT2D eigenvalue weighted by molar-refractivity contribution is -0.274. The second-order valence-electron chi connectivity index (χ2n) is 10.5. The number of alkyl halides is 4. The highest BCUT2D eigenvalue weighted by Gasteiger charge is 2.31. The number of rotatable bonds is 7. The van der Waals surface area contributed by atoms with Crippen molar-refractivity contribution in [1.82, 2.24) is 20.1 Å². The van der Waals surface area contributed by atoms with Crippen molar-refractivity contribution < 1.29 is 27.1 Å². The quantitative estimate of drug-likeness (QED) is 0.214. The molecule has 4 aromatic rings. The van der Waals surface area contributed by atoms with Crippen LogP contribution in [-0.2, 0) is 0 Å². The molecule has 1 aliphatic rings. The fourth-order valence-electron chi connectivity index (χ4n) is 5.11. The smallest absolute Gasteiger partial charge is 0.406 e. The first-order valence-corrected chi connectivity index (χ1v) is 14.8. The number of halogens is 4. The van der Waals surface area contributed by atoms with Crippen LogP contribution in [0.3, 0.4) is 0 Å². The minimum Gasteiger partial charge on any atom is -0.406 e. The number of aromatic nitrogens is 3. The summed E-state index contributed by atoms with van der Waals surface area (Å²) in [7, 11) is 0. The molecule has 2 amide bonds. The molecule has 1 saturated heterocycles. The highest BCUT2D eigenvalue weighted by molar-refractivity contribution is 8.14. The van der Waals surface area contributed by atoms with Gasteiger partial charge in [-0.1, -0.05) is 53.7 Å². The number of hydrogen-bond donors (Lipinski definition) is 1. The largest absolute Gasteiger partial charge is 0.573 e. The number of thioether (sulfide) groups is 1. The van der Waals surface area contributed by atoms with Gasteiger partial charge < -0.3 is 15.0 Å². The second-order valence-corrected chi connectivity index (χ2v) is 11.5. The Morgan fingerprint density at radius 2 is 1.70 bits per heavy atom. The van der Waals surface area contributed by atoms with Crippen molar-refractivity contribution in [3.05, 3.63) is 89.2 Å². The van der Waals surface area contributed by atoms with Crippen molar-refractivity contribution in [2.24, 2.45) is 4.99 Å². The summed E-state index contributed by atoms with van der Waals surface area (Å²) in [5, 5.41) is 7.61. The molecular formula is C31H30F4N6O2S. The van der Waals surface area contributed by atoms with E-state index in [1.807, 2.05) is 25.7 Å². The Morgan fingerprint density at radius 1 is 1.05 bits per heavy atom. The van der Waals surface area contributed by atoms with Gasteiger partial charge in [0.25, 0.3) is 0 Å². The number of benzene rings is 3. The van der Waals surface area contributed by atoms with E-state index in [1.165, 1.54) is 52.6 Å². The number of urea groups is 1. The molecule has 13 heteroatoms. The van der Waals surface area contributed by atoms with Crippen LogP contribution in [-0.4, -0.2) is 50.7 Å². The van der Waals surface area contributed by atoms with E-state index in [0.29, 0.717) is 27.8 Å². The minimum atomic E-state index is -4.78. The third-order valence-corrected chi connectivity index (χ3v) is 7.94. The van der Waals surface area contributed by atoms with Gasteiger partial charge in [0.05, 0.1) is 11.7 Å². The molecule has 1 fully saturated rings. The van der Waals surface area contributed by atoms with E-state index in [1.54, 1.807) is 31.2 Å². The van der Waals surface area contributed by atoms with Gasteiger partial charge >= 0.3 is 12.4 Å². The van der Waals surface area contributed by atoms with Gasteiger partial charge in [-0.15, -0.1) is 18.3 Å². The van der Waals surface area contributed by atoms with E-state index in [4.69, 9.17) is 0 Å². The highest BCUT2D eigenvalue weighted by Crippen LogP contribution is 2.32. The zero-order valence-corrected chi connectivity index (χ0v) is 25.2. The maximum atomic E-state index is 15.4. The van der Waals surface area contributed by atoms with E-state index >= 15 is 4.39 Å². The molecule has 230 valence electrons. The number of amides is 2. The average Bonchev–Trinajstić information content (AvgIpc) is 3.62. The van der Waals surface area contributed by atoms with Crippen LogP contribution in [0.15, 0.2) is 72.0 Å². The number of aliphatic imine (C=N–C) groups is 1. The lowest BCUT2D eigenvalue weighted by Crippen LogP contribution is -2.35. The molecule has 3 aromatic carbocycles. The van der Waals surface area contributed by atoms with E-state index in [0.717, 1.165) is 29.1 Å². The van der Waals surface area contributed by atoms with Crippen LogP contribution in [0, 0.1) is 20.8 Å². The number of nitrogens with one attached hydrogen (secondary N) is 1. The predicted molar refractivity (Wildman–Crippen MR) is 163 cm³/mol. The lowest BCUT2D eigenvalue weighted by Gasteiger charge is -2.23. The molecule has 0 aliphatic carbocycles. The van der Waals surface area contributed by atoms with Crippen molar-refractivity contribution in [3.8, 4) is 22.8 Å². The number of aryl methyl sites for hydroxylation is 3. The molecule has 8 nitrogen and oxygen atoms in total. The molecule has 0 spiro atoms. The van der Waals surface area contributed by atoms with Crippen LogP contribution in [0.1, 0.15) is 35.3 Å². The fourth-order valence-corrected chi connectivity index (χ4v) is 6.05. The van der Waals surface area contributed by atoms with E-state index < -0.39 is 24.6 Å². The molecule has 5 rings (SSSR count). The Labute approximate surface area is 256 Å². The molecule has 1 N–H and O–H groups in total. The van der Waals surface area contributed by atoms with E-state index in [9.17, 15) is 18.0 Å². The first-order chi connectivity index (χ1) is 20.9. The number of anilines is 1. The van der Waals surface area contributed by atoms with Crippen molar-refractivity contribution in [1.29, 1.82) is 0 Å². The van der Waals surface area contributed by atoms with Gasteiger partial charge in [0, 0.05) is 23.5 Å². The first-order valence-electron chi connectivity index (χ1n) is 13.8. The zero-order valence-electron chi connectivity index (χ0n) is 24.4. The van der Waals surface area contributed by atoms with Crippen molar-refractivity contribution in [2.45, 2.75) is 46.3 Å². The number of ether oxygens (including phenoxy) is 1. The Balaban J connectivity index is 1.21. The van der Waals surface area contributed by atoms with Gasteiger partial charge in [-0.3, -0.25) is 0 Å². The number of carbonyl (C=O) groups excluding carboxylic acids is 1. The third kappa shape index (κ3) is 7.21. The first kappa shape index (κ1) is 31.0. The number of carbonyl (C=O) groups is 1. The SMILES string of the molecule is Cc1cc(C)c(N2CCSC2=NC(=O)NC(C)C(F)c2ccc(-c3ncn(-c4ccc(OC(F)(F)F)cc4)n3)cc2)c(C)c1. The molecule has 0 bridgehead atoms. The number of hydrogen-bond acceptors (Lipinski definition) is 5. The molecule has 2 heterocycles. The molecule has 44 heavy (non-hydrogen) atoms. The van der Waals surface area contributed by atoms with Crippen LogP contribution < -0.4 is 15.0 Å². The second kappa shape index (κ2) is 12.7. The van der Waals surface area contributed by atoms with Crippen LogP contribution >= 0.6 is 11.8 Å². The van der Waals surface area contributed by atoms with Gasteiger partial charge in [0.2, 0.25) is 0 Å². The topological polar surface area (TPSA) is 84.6 Å². The van der Waals surface area contributed by atoms with Crippen LogP contribution in [0.25, 0.3) is 17.1 Å². The van der Waals surface area contributed by atoms with Crippen LogP contribution in [0.5, 0.6) is 5.75 Å². The highest BCUT2D eigenvalue weighted by atomic mass is 32.2. The van der Waals surface area contributed by atoms with Gasteiger partial charge in [-0.2, -0.15) is 4.99 Å². The summed E-state index contributed by atoms with van der Waals surface area (Å²) in [5.41, 5.74) is 5.87. The molecule has 1 aromatic heterocycles. The van der Waals surface area contributed by atoms with Gasteiger partial charge in [0.15, 0.2) is 11.0 Å². The Bertz CT molecular complexity index is 1650. The standard InChI is InChI=1S/C31H30F4N6O2S/c1-18-15-19(2)27(20(3)16-18)40-13-14-44-30(40)38-29(42)37-21(4)26(32)22-5-7-23(8-6-22)28-36-17-41(39-28)24-9-11-25(12-10-24)43-31(33,34)35/h5-12,15-17,21,26H,13-14H2,1-4H3,(H,37,42). The van der Waals surface area contributed by atoms with Crippen molar-refractivity contribution >= 4 is 28.6 Å². The zero-order chi connectivity index (χ0) is 31.6. The molecular weight excluding hydrogens is 596 g/mol. The Morgan fingerprint density at radius 3 is 2.34 bits per heavy atom. The summed E-state index contributed by atoms with van der Waals surface area (Å²) in [6, 6.07) is 14.5. The lowest BCUT2D eigenvalue weighted by atomic mass is 10.0. The summed E-state index contributed by atoms with van der Waals surface area (Å²) in [6.45, 7) is 8.43. The molecule has 2 atom stereocenters. The average molecular weight is 627 g/mol. The number of amidine groups is 1. The van der Waals surface area contributed by atoms with Gasteiger partial charge in [-0.25, -0.2) is 18.9 Å². The summed E-state index contributed by atoms with van der Waals surface area (Å²) < 4.78 is 57.9. The monoisotopic (exact) mass is 626 g/mol. The summed E-state index contributed by atoms with van der Waals surface area (Å²) in [5.74, 6) is 0.794. The van der Waals surface area contributed by atoms with Gasteiger partial charge in [0.1, 0.15) is 18.2 Å². The van der Waals surface area contributed by atoms with E-state index in [-0.39, 0.29) is 5.75 Å². The number of nitrogens with zero attached hydrogens (tertiary/aromatic N) is 5. The Kier molecular flexibility index (Phi) is 8.95. The maximum absolute atomic E-state index is 15.4. The molecule has 0 saturated carbocycles. The third-order valence-electron chi connectivity index (χ3n) is 6.98. The Hall–Kier alpha value is -4.39. The molecule has 1 aliphatic heterocycles. The van der Waals surface area contributed by atoms with Crippen molar-refractivity contribution in [2.75, 3.05) is 17.2 Å². The fraction of sp³-hybridized carbons (Fsp3) is 0.290. The predicted octanol–water partition coefficient (Wildman–Crippen LogP) is 7.48. The normalized spacial score (nSPS) is 15.8. The summed E-state index contributed by atoms with van der Waals surface area (Å²) in [4.78, 5) is 23.4. The molecule has 0 radical (unpaired) electrons. The van der Waals surface area contributed by atoms with E-state index in [2.05, 4.69) is 37.3 Å². The summed E-state index contributed by atoms with van der Waals surface area (Å²) >= 11 is 1.49. The van der Waals surface area contributed by atoms with Gasteiger partial charge in [-0.05, 0) is 68.7 Å². The van der Waals surface area contributed by atoms with Crippen LogP contribution in [0.2, 0.25) is 0 Å². The molecule has 2 unspecified atom stereocenters. The van der Waals surface area contributed by atoms with Crippen LogP contribution in [0.4, 0.5) is 28.0 Å². The minimum absolute atomic E-state index is 0.345.